The number of aromatic nitrogens is 3. The second-order valence-corrected chi connectivity index (χ2v) is 4.73. The normalized spacial score (nSPS) is 11.6. The third-order valence-electron chi connectivity index (χ3n) is 3.20. The molecule has 0 spiro atoms. The first-order valence-electron chi connectivity index (χ1n) is 6.45. The van der Waals surface area contributed by atoms with E-state index in [-0.39, 0.29) is 22.5 Å². The van der Waals surface area contributed by atoms with Crippen LogP contribution in [0.2, 0.25) is 0 Å². The Balaban J connectivity index is 2.24. The zero-order chi connectivity index (χ0) is 16.6. The zero-order valence-electron chi connectivity index (χ0n) is 11.5. The summed E-state index contributed by atoms with van der Waals surface area (Å²) in [6.07, 6.45) is -3.24. The molecule has 0 saturated heterocycles. The van der Waals surface area contributed by atoms with E-state index in [9.17, 15) is 18.0 Å². The lowest BCUT2D eigenvalue weighted by Crippen LogP contribution is -2.13. The molecular formula is C15H9F3N4O. The summed E-state index contributed by atoms with van der Waals surface area (Å²) < 4.78 is 38.6. The summed E-state index contributed by atoms with van der Waals surface area (Å²) >= 11 is 0. The predicted molar refractivity (Wildman–Crippen MR) is 76.3 cm³/mol. The fraction of sp³-hybridized carbons (Fsp3) is 0.0667. The molecule has 0 unspecified atom stereocenters. The maximum atomic E-state index is 12.9. The van der Waals surface area contributed by atoms with Gasteiger partial charge in [0, 0.05) is 5.56 Å². The summed E-state index contributed by atoms with van der Waals surface area (Å²) in [6.45, 7) is 0. The Kier molecular flexibility index (Phi) is 3.44. The van der Waals surface area contributed by atoms with Gasteiger partial charge in [0.2, 0.25) is 0 Å². The number of benzene rings is 1. The Labute approximate surface area is 128 Å². The third-order valence-corrected chi connectivity index (χ3v) is 3.20. The van der Waals surface area contributed by atoms with Crippen molar-refractivity contribution in [3.05, 3.63) is 54.0 Å². The van der Waals surface area contributed by atoms with Crippen molar-refractivity contribution in [1.29, 1.82) is 0 Å². The van der Waals surface area contributed by atoms with Gasteiger partial charge in [-0.25, -0.2) is 15.0 Å². The largest absolute Gasteiger partial charge is 0.416 e. The summed E-state index contributed by atoms with van der Waals surface area (Å²) in [5, 5.41) is 0. The van der Waals surface area contributed by atoms with E-state index < -0.39 is 17.6 Å². The minimum atomic E-state index is -4.47. The first kappa shape index (κ1) is 14.9. The van der Waals surface area contributed by atoms with E-state index >= 15 is 0 Å². The predicted octanol–water partition coefficient (Wildman–Crippen LogP) is 2.81. The van der Waals surface area contributed by atoms with Crippen LogP contribution in [0.1, 0.15) is 16.1 Å². The highest BCUT2D eigenvalue weighted by Crippen LogP contribution is 2.32. The lowest BCUT2D eigenvalue weighted by atomic mass is 10.1. The molecule has 8 heteroatoms. The van der Waals surface area contributed by atoms with Crippen molar-refractivity contribution in [2.75, 3.05) is 0 Å². The van der Waals surface area contributed by atoms with Crippen LogP contribution in [-0.2, 0) is 6.18 Å². The van der Waals surface area contributed by atoms with E-state index in [1.165, 1.54) is 30.6 Å². The van der Waals surface area contributed by atoms with Gasteiger partial charge in [-0.15, -0.1) is 0 Å². The average Bonchev–Trinajstić information content (AvgIpc) is 2.53. The van der Waals surface area contributed by atoms with E-state index in [0.29, 0.717) is 5.52 Å². The molecule has 0 aliphatic carbocycles. The average molecular weight is 318 g/mol. The monoisotopic (exact) mass is 318 g/mol. The molecule has 0 aliphatic heterocycles. The molecule has 0 radical (unpaired) electrons. The van der Waals surface area contributed by atoms with Gasteiger partial charge >= 0.3 is 6.18 Å². The first-order chi connectivity index (χ1) is 10.9. The van der Waals surface area contributed by atoms with Gasteiger partial charge in [-0.2, -0.15) is 13.2 Å². The van der Waals surface area contributed by atoms with E-state index in [2.05, 4.69) is 15.0 Å². The fourth-order valence-electron chi connectivity index (χ4n) is 2.13. The highest BCUT2D eigenvalue weighted by atomic mass is 19.4. The maximum absolute atomic E-state index is 12.9. The Morgan fingerprint density at radius 1 is 1.09 bits per heavy atom. The molecule has 0 saturated carbocycles. The van der Waals surface area contributed by atoms with E-state index in [0.717, 1.165) is 12.1 Å². The van der Waals surface area contributed by atoms with E-state index in [1.54, 1.807) is 0 Å². The van der Waals surface area contributed by atoms with Crippen LogP contribution in [0.3, 0.4) is 0 Å². The number of hydrogen-bond acceptors (Lipinski definition) is 4. The van der Waals surface area contributed by atoms with E-state index in [4.69, 9.17) is 5.73 Å². The minimum absolute atomic E-state index is 0.0134. The summed E-state index contributed by atoms with van der Waals surface area (Å²) in [6, 6.07) is 7.62. The second-order valence-electron chi connectivity index (χ2n) is 4.73. The van der Waals surface area contributed by atoms with Crippen LogP contribution in [0, 0.1) is 0 Å². The van der Waals surface area contributed by atoms with Crippen LogP contribution in [0.5, 0.6) is 0 Å². The van der Waals surface area contributed by atoms with Crippen LogP contribution >= 0.6 is 0 Å². The standard InChI is InChI=1S/C15H9F3N4O/c16-15(17,18)9-3-1-2-8(6-9)12-13-10(20-7-21-12)4-5-11(22-13)14(19)23/h1-7H,(H2,19,23). The molecule has 2 aromatic heterocycles. The van der Waals surface area contributed by atoms with Crippen LogP contribution in [-0.4, -0.2) is 20.9 Å². The summed E-state index contributed by atoms with van der Waals surface area (Å²) in [5.41, 5.74) is 5.41. The van der Waals surface area contributed by atoms with Crippen molar-refractivity contribution in [3.8, 4) is 11.3 Å². The molecule has 0 atom stereocenters. The molecule has 23 heavy (non-hydrogen) atoms. The quantitative estimate of drug-likeness (QED) is 0.787. The van der Waals surface area contributed by atoms with Crippen molar-refractivity contribution >= 4 is 16.9 Å². The van der Waals surface area contributed by atoms with Gasteiger partial charge in [-0.1, -0.05) is 12.1 Å². The van der Waals surface area contributed by atoms with Crippen molar-refractivity contribution in [2.24, 2.45) is 5.73 Å². The highest BCUT2D eigenvalue weighted by molar-refractivity contribution is 5.95. The molecule has 2 N–H and O–H groups in total. The molecular weight excluding hydrogens is 309 g/mol. The zero-order valence-corrected chi connectivity index (χ0v) is 11.5. The Hall–Kier alpha value is -3.03. The number of carbonyl (C=O) groups excluding carboxylic acids is 1. The van der Waals surface area contributed by atoms with Crippen LogP contribution in [0.25, 0.3) is 22.3 Å². The number of fused-ring (bicyclic) bond motifs is 1. The first-order valence-corrected chi connectivity index (χ1v) is 6.45. The van der Waals surface area contributed by atoms with Crippen molar-refractivity contribution in [1.82, 2.24) is 15.0 Å². The number of hydrogen-bond donors (Lipinski definition) is 1. The number of primary amides is 1. The van der Waals surface area contributed by atoms with E-state index in [1.807, 2.05) is 0 Å². The van der Waals surface area contributed by atoms with Crippen molar-refractivity contribution in [2.45, 2.75) is 6.18 Å². The van der Waals surface area contributed by atoms with Gasteiger partial charge in [-0.3, -0.25) is 4.79 Å². The molecule has 3 rings (SSSR count). The fourth-order valence-corrected chi connectivity index (χ4v) is 2.13. The molecule has 1 aromatic carbocycles. The van der Waals surface area contributed by atoms with Gasteiger partial charge in [0.25, 0.3) is 5.91 Å². The third kappa shape index (κ3) is 2.83. The lowest BCUT2D eigenvalue weighted by Gasteiger charge is -2.09. The van der Waals surface area contributed by atoms with Gasteiger partial charge < -0.3 is 5.73 Å². The van der Waals surface area contributed by atoms with Crippen LogP contribution in [0.15, 0.2) is 42.7 Å². The smallest absolute Gasteiger partial charge is 0.364 e. The number of nitrogens with zero attached hydrogens (tertiary/aromatic N) is 3. The van der Waals surface area contributed by atoms with Crippen LogP contribution in [0.4, 0.5) is 13.2 Å². The molecule has 2 heterocycles. The number of rotatable bonds is 2. The second kappa shape index (κ2) is 5.31. The van der Waals surface area contributed by atoms with Gasteiger partial charge in [0.1, 0.15) is 17.5 Å². The highest BCUT2D eigenvalue weighted by Gasteiger charge is 2.30. The molecule has 0 bridgehead atoms. The topological polar surface area (TPSA) is 81.8 Å². The molecule has 116 valence electrons. The molecule has 0 fully saturated rings. The summed E-state index contributed by atoms with van der Waals surface area (Å²) in [5.74, 6) is -0.745. The number of nitrogens with two attached hydrogens (primary N) is 1. The SMILES string of the molecule is NC(=O)c1ccc2ncnc(-c3cccc(C(F)(F)F)c3)c2n1. The molecule has 0 aliphatic rings. The van der Waals surface area contributed by atoms with Gasteiger partial charge in [0.15, 0.2) is 0 Å². The van der Waals surface area contributed by atoms with Crippen molar-refractivity contribution in [3.63, 3.8) is 0 Å². The molecule has 5 nitrogen and oxygen atoms in total. The molecule has 3 aromatic rings. The summed E-state index contributed by atoms with van der Waals surface area (Å²) in [4.78, 5) is 23.3. The Bertz CT molecular complexity index is 909. The Morgan fingerprint density at radius 3 is 2.57 bits per heavy atom. The number of amides is 1. The molecule has 1 amide bonds. The summed E-state index contributed by atoms with van der Waals surface area (Å²) in [7, 11) is 0. The van der Waals surface area contributed by atoms with Gasteiger partial charge in [-0.05, 0) is 24.3 Å². The number of pyridine rings is 1. The number of carbonyl (C=O) groups is 1. The van der Waals surface area contributed by atoms with Crippen LogP contribution < -0.4 is 5.73 Å². The number of halogens is 3. The minimum Gasteiger partial charge on any atom is -0.364 e. The van der Waals surface area contributed by atoms with Gasteiger partial charge in [0.05, 0.1) is 16.8 Å². The maximum Gasteiger partial charge on any atom is 0.416 e. The Morgan fingerprint density at radius 2 is 1.87 bits per heavy atom. The van der Waals surface area contributed by atoms with Crippen molar-refractivity contribution < 1.29 is 18.0 Å². The number of alkyl halides is 3. The lowest BCUT2D eigenvalue weighted by molar-refractivity contribution is -0.137.